The summed E-state index contributed by atoms with van der Waals surface area (Å²) in [4.78, 5) is 37.1. The molecule has 6 rings (SSSR count). The Kier molecular flexibility index (Phi) is 8.42. The summed E-state index contributed by atoms with van der Waals surface area (Å²) in [6.45, 7) is 3.91. The van der Waals surface area contributed by atoms with E-state index in [-0.39, 0.29) is 18.2 Å². The van der Waals surface area contributed by atoms with Crippen LogP contribution < -0.4 is 0 Å². The van der Waals surface area contributed by atoms with Gasteiger partial charge in [-0.05, 0) is 55.0 Å². The summed E-state index contributed by atoms with van der Waals surface area (Å²) >= 11 is 0. The third kappa shape index (κ3) is 6.10. The number of carbonyl (C=O) groups is 3. The molecule has 2 aromatic carbocycles. The lowest BCUT2D eigenvalue weighted by Gasteiger charge is -2.45. The number of rotatable bonds is 5. The van der Waals surface area contributed by atoms with Crippen molar-refractivity contribution in [2.45, 2.75) is 43.6 Å². The first-order chi connectivity index (χ1) is 17.8. The summed E-state index contributed by atoms with van der Waals surface area (Å²) in [6.07, 6.45) is -1.44. The standard InChI is InChI=1S/C23H26N2O2.C4H6O6/c26-23(27-21-16-24-13-10-18(21)11-14-24)25-15-12-17-6-4-5-9-20(17)22(25)19-7-2-1-3-8-19;5-1(3(7)8)2(6)4(9)10/h1-9,18,21-22H,10-16H2;1-2,5-6H,(H,7,8)(H,9,10)/t21-,22-;/m0./s1. The second kappa shape index (κ2) is 11.7. The van der Waals surface area contributed by atoms with E-state index in [2.05, 4.69) is 41.3 Å². The monoisotopic (exact) mass is 512 g/mol. The number of fused-ring (bicyclic) bond motifs is 4. The average Bonchev–Trinajstić information content (AvgIpc) is 2.93. The molecule has 4 N–H and O–H groups in total. The Morgan fingerprint density at radius 1 is 0.838 bits per heavy atom. The number of hydrogen-bond donors (Lipinski definition) is 4. The lowest BCUT2D eigenvalue weighted by atomic mass is 9.86. The van der Waals surface area contributed by atoms with E-state index in [1.165, 1.54) is 11.1 Å². The third-order valence-corrected chi connectivity index (χ3v) is 7.29. The smallest absolute Gasteiger partial charge is 0.410 e. The number of hydrogen-bond acceptors (Lipinski definition) is 7. The van der Waals surface area contributed by atoms with Crippen LogP contribution in [-0.4, -0.2) is 92.7 Å². The zero-order valence-corrected chi connectivity index (χ0v) is 20.3. The maximum absolute atomic E-state index is 13.2. The summed E-state index contributed by atoms with van der Waals surface area (Å²) in [5, 5.41) is 32.5. The summed E-state index contributed by atoms with van der Waals surface area (Å²) in [5.41, 5.74) is 3.70. The Bertz CT molecular complexity index is 1080. The summed E-state index contributed by atoms with van der Waals surface area (Å²) < 4.78 is 6.08. The summed E-state index contributed by atoms with van der Waals surface area (Å²) in [6, 6.07) is 18.8. The molecule has 0 aromatic heterocycles. The molecule has 37 heavy (non-hydrogen) atoms. The van der Waals surface area contributed by atoms with Crippen molar-refractivity contribution in [2.75, 3.05) is 26.2 Å². The molecule has 0 saturated carbocycles. The number of nitrogens with zero attached hydrogens (tertiary/aromatic N) is 2. The highest BCUT2D eigenvalue weighted by Crippen LogP contribution is 2.36. The predicted molar refractivity (Wildman–Crippen MR) is 132 cm³/mol. The van der Waals surface area contributed by atoms with Crippen LogP contribution in [0, 0.1) is 5.92 Å². The second-order valence-electron chi connectivity index (χ2n) is 9.58. The molecule has 4 aliphatic rings. The molecule has 3 fully saturated rings. The van der Waals surface area contributed by atoms with E-state index >= 15 is 0 Å². The van der Waals surface area contributed by atoms with Crippen LogP contribution in [0.15, 0.2) is 54.6 Å². The van der Waals surface area contributed by atoms with E-state index in [0.717, 1.165) is 44.5 Å². The summed E-state index contributed by atoms with van der Waals surface area (Å²) in [7, 11) is 0. The van der Waals surface area contributed by atoms with Crippen molar-refractivity contribution in [1.82, 2.24) is 9.80 Å². The number of aliphatic hydroxyl groups excluding tert-OH is 2. The van der Waals surface area contributed by atoms with Crippen LogP contribution in [0.3, 0.4) is 0 Å². The summed E-state index contributed by atoms with van der Waals surface area (Å²) in [5.74, 6) is -3.00. The Hall–Kier alpha value is -3.47. The van der Waals surface area contributed by atoms with Gasteiger partial charge in [0.1, 0.15) is 6.10 Å². The van der Waals surface area contributed by atoms with Crippen molar-refractivity contribution >= 4 is 18.0 Å². The minimum atomic E-state index is -2.27. The van der Waals surface area contributed by atoms with Gasteiger partial charge in [0.05, 0.1) is 6.04 Å². The molecule has 2 bridgehead atoms. The fourth-order valence-electron chi connectivity index (χ4n) is 5.27. The largest absolute Gasteiger partial charge is 0.479 e. The van der Waals surface area contributed by atoms with Crippen molar-refractivity contribution in [1.29, 1.82) is 0 Å². The first-order valence-corrected chi connectivity index (χ1v) is 12.4. The highest BCUT2D eigenvalue weighted by Gasteiger charge is 2.39. The molecule has 10 heteroatoms. The first-order valence-electron chi connectivity index (χ1n) is 12.4. The van der Waals surface area contributed by atoms with E-state index in [9.17, 15) is 14.4 Å². The van der Waals surface area contributed by atoms with Crippen molar-refractivity contribution in [2.24, 2.45) is 5.92 Å². The van der Waals surface area contributed by atoms with E-state index in [0.29, 0.717) is 12.5 Å². The Balaban J connectivity index is 0.000000275. The molecule has 10 nitrogen and oxygen atoms in total. The molecule has 4 atom stereocenters. The van der Waals surface area contributed by atoms with Crippen molar-refractivity contribution in [3.63, 3.8) is 0 Å². The third-order valence-electron chi connectivity index (χ3n) is 7.29. The number of amides is 1. The number of aliphatic hydroxyl groups is 2. The predicted octanol–water partition coefficient (Wildman–Crippen LogP) is 1.74. The zero-order valence-electron chi connectivity index (χ0n) is 20.3. The molecule has 1 amide bonds. The van der Waals surface area contributed by atoms with E-state index < -0.39 is 24.1 Å². The van der Waals surface area contributed by atoms with Gasteiger partial charge in [0.2, 0.25) is 0 Å². The second-order valence-corrected chi connectivity index (χ2v) is 9.58. The number of carboxylic acid groups (broad SMARTS) is 2. The highest BCUT2D eigenvalue weighted by atomic mass is 16.6. The maximum Gasteiger partial charge on any atom is 0.410 e. The number of aliphatic carboxylic acids is 2. The van der Waals surface area contributed by atoms with Crippen LogP contribution in [0.4, 0.5) is 4.79 Å². The molecule has 2 aromatic rings. The van der Waals surface area contributed by atoms with Crippen LogP contribution in [0.5, 0.6) is 0 Å². The van der Waals surface area contributed by atoms with Gasteiger partial charge in [0.15, 0.2) is 12.2 Å². The lowest BCUT2D eigenvalue weighted by Crippen LogP contribution is -2.53. The molecule has 2 unspecified atom stereocenters. The van der Waals surface area contributed by atoms with Crippen molar-refractivity contribution < 1.29 is 39.5 Å². The quantitative estimate of drug-likeness (QED) is 0.470. The van der Waals surface area contributed by atoms with Crippen LogP contribution in [0.2, 0.25) is 0 Å². The van der Waals surface area contributed by atoms with Gasteiger partial charge in [-0.3, -0.25) is 9.80 Å². The molecule has 0 radical (unpaired) electrons. The SMILES string of the molecule is O=C(O)C(O)C(O)C(=O)O.O=C(O[C@H]1CN2CCC1CC2)N1CCc2ccccc2[C@@H]1c1ccccc1. The van der Waals surface area contributed by atoms with Crippen LogP contribution in [0.1, 0.15) is 35.6 Å². The Morgan fingerprint density at radius 3 is 2.00 bits per heavy atom. The van der Waals surface area contributed by atoms with Crippen LogP contribution >= 0.6 is 0 Å². The number of ether oxygens (including phenoxy) is 1. The number of carbonyl (C=O) groups excluding carboxylic acids is 1. The van der Waals surface area contributed by atoms with Gasteiger partial charge in [0.25, 0.3) is 0 Å². The fraction of sp³-hybridized carbons (Fsp3) is 0.444. The van der Waals surface area contributed by atoms with Gasteiger partial charge in [-0.15, -0.1) is 0 Å². The highest BCUT2D eigenvalue weighted by molar-refractivity contribution is 5.83. The van der Waals surface area contributed by atoms with Crippen molar-refractivity contribution in [3.05, 3.63) is 71.3 Å². The van der Waals surface area contributed by atoms with Crippen LogP contribution in [-0.2, 0) is 20.7 Å². The van der Waals surface area contributed by atoms with Gasteiger partial charge in [-0.25, -0.2) is 14.4 Å². The fourth-order valence-corrected chi connectivity index (χ4v) is 5.27. The molecule has 4 aliphatic heterocycles. The van der Waals surface area contributed by atoms with Gasteiger partial charge in [0, 0.05) is 13.1 Å². The molecular formula is C27H32N2O8. The topological polar surface area (TPSA) is 148 Å². The Labute approximate surface area is 214 Å². The molecule has 0 spiro atoms. The zero-order chi connectivity index (χ0) is 26.5. The lowest BCUT2D eigenvalue weighted by molar-refractivity contribution is -0.165. The number of carboxylic acids is 2. The minimum absolute atomic E-state index is 0.0496. The molecule has 3 saturated heterocycles. The first kappa shape index (κ1) is 26.6. The maximum atomic E-state index is 13.2. The molecule has 198 valence electrons. The van der Waals surface area contributed by atoms with Crippen molar-refractivity contribution in [3.8, 4) is 0 Å². The van der Waals surface area contributed by atoms with E-state index in [1.807, 2.05) is 23.1 Å². The van der Waals surface area contributed by atoms with E-state index in [1.54, 1.807) is 0 Å². The molecule has 4 heterocycles. The van der Waals surface area contributed by atoms with Crippen LogP contribution in [0.25, 0.3) is 0 Å². The van der Waals surface area contributed by atoms with Gasteiger partial charge >= 0.3 is 18.0 Å². The van der Waals surface area contributed by atoms with Gasteiger partial charge in [-0.2, -0.15) is 0 Å². The van der Waals surface area contributed by atoms with Gasteiger partial charge < -0.3 is 25.2 Å². The Morgan fingerprint density at radius 2 is 1.43 bits per heavy atom. The molecule has 0 aliphatic carbocycles. The van der Waals surface area contributed by atoms with Gasteiger partial charge in [-0.1, -0.05) is 54.6 Å². The van der Waals surface area contributed by atoms with E-state index in [4.69, 9.17) is 25.2 Å². The average molecular weight is 513 g/mol. The normalized spacial score (nSPS) is 25.6. The number of piperidine rings is 3. The number of benzene rings is 2. The molecular weight excluding hydrogens is 480 g/mol. The minimum Gasteiger partial charge on any atom is -0.479 e.